The minimum absolute atomic E-state index is 0.100. The lowest BCUT2D eigenvalue weighted by molar-refractivity contribution is 0.0695. The van der Waals surface area contributed by atoms with Crippen LogP contribution in [0.15, 0.2) is 18.2 Å². The first-order valence-electron chi connectivity index (χ1n) is 6.08. The summed E-state index contributed by atoms with van der Waals surface area (Å²) in [6, 6.07) is 5.02. The molecule has 0 aliphatic rings. The van der Waals surface area contributed by atoms with E-state index in [2.05, 4.69) is 5.32 Å². The van der Waals surface area contributed by atoms with Crippen LogP contribution >= 0.6 is 0 Å². The first kappa shape index (κ1) is 15.0. The molecule has 0 unspecified atom stereocenters. The lowest BCUT2D eigenvalue weighted by Gasteiger charge is -2.23. The Morgan fingerprint density at radius 3 is 2.42 bits per heavy atom. The number of benzene rings is 1. The second kappa shape index (κ2) is 5.73. The average Bonchev–Trinajstić information content (AvgIpc) is 2.27. The molecule has 5 heteroatoms. The Balaban J connectivity index is 3.25. The van der Waals surface area contributed by atoms with Gasteiger partial charge in [-0.15, -0.1) is 0 Å². The number of anilines is 1. The van der Waals surface area contributed by atoms with Crippen LogP contribution in [-0.4, -0.2) is 23.8 Å². The first-order chi connectivity index (χ1) is 8.77. The summed E-state index contributed by atoms with van der Waals surface area (Å²) < 4.78 is 4.76. The number of amides is 1. The maximum atomic E-state index is 11.4. The van der Waals surface area contributed by atoms with E-state index in [0.29, 0.717) is 5.56 Å². The Morgan fingerprint density at radius 1 is 1.32 bits per heavy atom. The van der Waals surface area contributed by atoms with E-state index in [9.17, 15) is 14.7 Å². The Hall–Kier alpha value is -2.04. The van der Waals surface area contributed by atoms with E-state index in [4.69, 9.17) is 4.74 Å². The van der Waals surface area contributed by atoms with Crippen molar-refractivity contribution in [1.29, 1.82) is 0 Å². The Labute approximate surface area is 112 Å². The molecule has 5 nitrogen and oxygen atoms in total. The van der Waals surface area contributed by atoms with Crippen molar-refractivity contribution in [2.75, 3.05) is 11.9 Å². The molecule has 0 aromatic heterocycles. The lowest BCUT2D eigenvalue weighted by atomic mass is 9.83. The van der Waals surface area contributed by atoms with Gasteiger partial charge in [0, 0.05) is 0 Å². The molecule has 0 bridgehead atoms. The van der Waals surface area contributed by atoms with Crippen molar-refractivity contribution in [3.63, 3.8) is 0 Å². The van der Waals surface area contributed by atoms with Gasteiger partial charge in [-0.25, -0.2) is 9.59 Å². The molecule has 1 aromatic rings. The SMILES string of the molecule is CCOC(=O)Nc1cccc(C(C)(C)C)c1C(=O)O. The fourth-order valence-electron chi connectivity index (χ4n) is 1.79. The van der Waals surface area contributed by atoms with Gasteiger partial charge in [0.1, 0.15) is 0 Å². The van der Waals surface area contributed by atoms with E-state index in [1.807, 2.05) is 20.8 Å². The van der Waals surface area contributed by atoms with Crippen molar-refractivity contribution >= 4 is 17.7 Å². The summed E-state index contributed by atoms with van der Waals surface area (Å²) in [4.78, 5) is 22.9. The number of carboxylic acid groups (broad SMARTS) is 1. The summed E-state index contributed by atoms with van der Waals surface area (Å²) in [5.74, 6) is -1.07. The molecule has 104 valence electrons. The first-order valence-corrected chi connectivity index (χ1v) is 6.08. The van der Waals surface area contributed by atoms with Crippen molar-refractivity contribution in [2.45, 2.75) is 33.1 Å². The second-order valence-corrected chi connectivity index (χ2v) is 5.13. The van der Waals surface area contributed by atoms with Gasteiger partial charge in [0.2, 0.25) is 0 Å². The standard InChI is InChI=1S/C14H19NO4/c1-5-19-13(18)15-10-8-6-7-9(14(2,3)4)11(10)12(16)17/h6-8H,5H2,1-4H3,(H,15,18)(H,16,17). The topological polar surface area (TPSA) is 75.6 Å². The van der Waals surface area contributed by atoms with Crippen LogP contribution in [0, 0.1) is 0 Å². The molecule has 0 spiro atoms. The molecular weight excluding hydrogens is 246 g/mol. The molecule has 0 aliphatic carbocycles. The summed E-state index contributed by atoms with van der Waals surface area (Å²) >= 11 is 0. The predicted octanol–water partition coefficient (Wildman–Crippen LogP) is 3.25. The maximum absolute atomic E-state index is 11.4. The molecule has 19 heavy (non-hydrogen) atoms. The number of carbonyl (C=O) groups is 2. The smallest absolute Gasteiger partial charge is 0.411 e. The van der Waals surface area contributed by atoms with Gasteiger partial charge in [-0.3, -0.25) is 5.32 Å². The van der Waals surface area contributed by atoms with Gasteiger partial charge in [0.25, 0.3) is 0 Å². The molecule has 0 heterocycles. The van der Waals surface area contributed by atoms with E-state index < -0.39 is 12.1 Å². The summed E-state index contributed by atoms with van der Waals surface area (Å²) in [5.41, 5.74) is 0.677. The lowest BCUT2D eigenvalue weighted by Crippen LogP contribution is -2.21. The molecular formula is C14H19NO4. The number of carboxylic acids is 1. The van der Waals surface area contributed by atoms with Crippen molar-refractivity contribution in [1.82, 2.24) is 0 Å². The molecule has 0 aliphatic heterocycles. The molecule has 0 atom stereocenters. The number of aromatic carboxylic acids is 1. The minimum Gasteiger partial charge on any atom is -0.478 e. The third kappa shape index (κ3) is 3.71. The van der Waals surface area contributed by atoms with Crippen molar-refractivity contribution in [2.24, 2.45) is 0 Å². The Bertz CT molecular complexity index is 489. The molecule has 1 aromatic carbocycles. The van der Waals surface area contributed by atoms with E-state index >= 15 is 0 Å². The number of carbonyl (C=O) groups excluding carboxylic acids is 1. The summed E-state index contributed by atoms with van der Waals surface area (Å²) in [7, 11) is 0. The van der Waals surface area contributed by atoms with Gasteiger partial charge in [-0.2, -0.15) is 0 Å². The molecule has 1 amide bonds. The van der Waals surface area contributed by atoms with E-state index in [-0.39, 0.29) is 23.3 Å². The van der Waals surface area contributed by atoms with Crippen LogP contribution in [0.25, 0.3) is 0 Å². The summed E-state index contributed by atoms with van der Waals surface area (Å²) in [6.07, 6.45) is -0.656. The summed E-state index contributed by atoms with van der Waals surface area (Å²) in [6.45, 7) is 7.67. The highest BCUT2D eigenvalue weighted by Gasteiger charge is 2.24. The number of ether oxygens (including phenoxy) is 1. The zero-order valence-electron chi connectivity index (χ0n) is 11.6. The van der Waals surface area contributed by atoms with Gasteiger partial charge < -0.3 is 9.84 Å². The van der Waals surface area contributed by atoms with Gasteiger partial charge in [0.15, 0.2) is 0 Å². The van der Waals surface area contributed by atoms with E-state index in [0.717, 1.165) is 0 Å². The quantitative estimate of drug-likeness (QED) is 0.879. The third-order valence-corrected chi connectivity index (χ3v) is 2.60. The van der Waals surface area contributed by atoms with Crippen LogP contribution in [0.2, 0.25) is 0 Å². The van der Waals surface area contributed by atoms with Crippen LogP contribution in [0.1, 0.15) is 43.6 Å². The average molecular weight is 265 g/mol. The van der Waals surface area contributed by atoms with Crippen LogP contribution in [0.5, 0.6) is 0 Å². The van der Waals surface area contributed by atoms with Gasteiger partial charge in [-0.1, -0.05) is 32.9 Å². The maximum Gasteiger partial charge on any atom is 0.411 e. The zero-order chi connectivity index (χ0) is 14.6. The van der Waals surface area contributed by atoms with Crippen molar-refractivity contribution in [3.05, 3.63) is 29.3 Å². The van der Waals surface area contributed by atoms with Crippen molar-refractivity contribution < 1.29 is 19.4 Å². The van der Waals surface area contributed by atoms with Crippen LogP contribution in [0.3, 0.4) is 0 Å². The molecule has 1 rings (SSSR count). The number of nitrogens with one attached hydrogen (secondary N) is 1. The van der Waals surface area contributed by atoms with E-state index in [1.54, 1.807) is 25.1 Å². The Morgan fingerprint density at radius 2 is 1.95 bits per heavy atom. The molecule has 0 radical (unpaired) electrons. The highest BCUT2D eigenvalue weighted by molar-refractivity contribution is 6.00. The van der Waals surface area contributed by atoms with Crippen molar-refractivity contribution in [3.8, 4) is 0 Å². The number of rotatable bonds is 3. The number of hydrogen-bond acceptors (Lipinski definition) is 3. The number of hydrogen-bond donors (Lipinski definition) is 2. The zero-order valence-corrected chi connectivity index (χ0v) is 11.6. The predicted molar refractivity (Wildman–Crippen MR) is 72.7 cm³/mol. The molecule has 0 saturated heterocycles. The van der Waals surface area contributed by atoms with Gasteiger partial charge in [0.05, 0.1) is 17.9 Å². The molecule has 0 saturated carbocycles. The normalized spacial score (nSPS) is 10.9. The van der Waals surface area contributed by atoms with Crippen LogP contribution in [0.4, 0.5) is 10.5 Å². The van der Waals surface area contributed by atoms with Crippen LogP contribution in [-0.2, 0) is 10.2 Å². The highest BCUT2D eigenvalue weighted by Crippen LogP contribution is 2.30. The molecule has 2 N–H and O–H groups in total. The van der Waals surface area contributed by atoms with Gasteiger partial charge in [-0.05, 0) is 24.0 Å². The Kier molecular flexibility index (Phi) is 4.53. The fraction of sp³-hybridized carbons (Fsp3) is 0.429. The second-order valence-electron chi connectivity index (χ2n) is 5.13. The fourth-order valence-corrected chi connectivity index (χ4v) is 1.79. The minimum atomic E-state index is -1.07. The third-order valence-electron chi connectivity index (χ3n) is 2.60. The van der Waals surface area contributed by atoms with Gasteiger partial charge >= 0.3 is 12.1 Å². The largest absolute Gasteiger partial charge is 0.478 e. The highest BCUT2D eigenvalue weighted by atomic mass is 16.5. The van der Waals surface area contributed by atoms with Crippen LogP contribution < -0.4 is 5.32 Å². The summed E-state index contributed by atoms with van der Waals surface area (Å²) in [5, 5.41) is 11.8. The van der Waals surface area contributed by atoms with E-state index in [1.165, 1.54) is 0 Å². The monoisotopic (exact) mass is 265 g/mol. The molecule has 0 fully saturated rings.